The Morgan fingerprint density at radius 3 is 2.59 bits per heavy atom. The predicted molar refractivity (Wildman–Crippen MR) is 106 cm³/mol. The fourth-order valence-corrected chi connectivity index (χ4v) is 3.83. The summed E-state index contributed by atoms with van der Waals surface area (Å²) in [5.41, 5.74) is 1.58. The molecule has 0 radical (unpaired) electrons. The van der Waals surface area contributed by atoms with Crippen LogP contribution < -0.4 is 5.43 Å². The number of hydrogen-bond acceptors (Lipinski definition) is 4. The second-order valence-electron chi connectivity index (χ2n) is 6.47. The minimum absolute atomic E-state index is 0.143. The number of hydrogen-bond donors (Lipinski definition) is 0. The molecule has 27 heavy (non-hydrogen) atoms. The number of ether oxygens (including phenoxy) is 1. The van der Waals surface area contributed by atoms with E-state index in [0.29, 0.717) is 36.1 Å². The summed E-state index contributed by atoms with van der Waals surface area (Å²) < 4.78 is 11.9. The summed E-state index contributed by atoms with van der Waals surface area (Å²) >= 11 is 3.43. The van der Waals surface area contributed by atoms with Crippen molar-refractivity contribution in [1.82, 2.24) is 4.90 Å². The molecule has 0 aliphatic carbocycles. The van der Waals surface area contributed by atoms with Crippen LogP contribution in [0.25, 0.3) is 11.0 Å². The maximum atomic E-state index is 13.2. The van der Waals surface area contributed by atoms with Gasteiger partial charge in [-0.15, -0.1) is 0 Å². The molecule has 2 heterocycles. The van der Waals surface area contributed by atoms with E-state index >= 15 is 0 Å². The zero-order valence-corrected chi connectivity index (χ0v) is 16.4. The van der Waals surface area contributed by atoms with Crippen molar-refractivity contribution in [2.45, 2.75) is 12.5 Å². The SMILES string of the molecule is COCCCN1C(=O)c2oc3ccccc3c(=O)c2[C@@H]1c1ccc(Br)cc1. The first kappa shape index (κ1) is 17.9. The molecule has 0 saturated heterocycles. The van der Waals surface area contributed by atoms with Gasteiger partial charge in [0, 0.05) is 24.7 Å². The Morgan fingerprint density at radius 1 is 1.11 bits per heavy atom. The normalized spacial score (nSPS) is 16.1. The van der Waals surface area contributed by atoms with Crippen molar-refractivity contribution in [3.63, 3.8) is 0 Å². The third-order valence-corrected chi connectivity index (χ3v) is 5.34. The highest BCUT2D eigenvalue weighted by Crippen LogP contribution is 2.38. The van der Waals surface area contributed by atoms with Crippen LogP contribution in [0.5, 0.6) is 0 Å². The van der Waals surface area contributed by atoms with Crippen molar-refractivity contribution < 1.29 is 13.9 Å². The number of carbonyl (C=O) groups excluding carboxylic acids is 1. The summed E-state index contributed by atoms with van der Waals surface area (Å²) in [5.74, 6) is -0.110. The highest BCUT2D eigenvalue weighted by molar-refractivity contribution is 9.10. The van der Waals surface area contributed by atoms with Gasteiger partial charge in [-0.25, -0.2) is 0 Å². The van der Waals surface area contributed by atoms with Crippen molar-refractivity contribution in [3.05, 3.63) is 80.1 Å². The van der Waals surface area contributed by atoms with Crippen LogP contribution in [0.15, 0.2) is 62.2 Å². The van der Waals surface area contributed by atoms with Crippen LogP contribution in [0.1, 0.15) is 34.1 Å². The molecule has 4 rings (SSSR count). The predicted octanol–water partition coefficient (Wildman–Crippen LogP) is 4.14. The van der Waals surface area contributed by atoms with Gasteiger partial charge in [0.1, 0.15) is 5.58 Å². The largest absolute Gasteiger partial charge is 0.450 e. The van der Waals surface area contributed by atoms with Crippen molar-refractivity contribution >= 4 is 32.8 Å². The van der Waals surface area contributed by atoms with Crippen LogP contribution in [-0.4, -0.2) is 31.1 Å². The maximum absolute atomic E-state index is 13.2. The van der Waals surface area contributed by atoms with Gasteiger partial charge in [0.15, 0.2) is 5.43 Å². The Morgan fingerprint density at radius 2 is 1.85 bits per heavy atom. The summed E-state index contributed by atoms with van der Waals surface area (Å²) in [7, 11) is 1.63. The van der Waals surface area contributed by atoms with Gasteiger partial charge in [-0.05, 0) is 36.2 Å². The third kappa shape index (κ3) is 3.09. The summed E-state index contributed by atoms with van der Waals surface area (Å²) in [6.07, 6.45) is 0.678. The minimum atomic E-state index is -0.460. The molecule has 6 heteroatoms. The number of carbonyl (C=O) groups is 1. The van der Waals surface area contributed by atoms with Gasteiger partial charge in [-0.3, -0.25) is 9.59 Å². The van der Waals surface area contributed by atoms with E-state index in [4.69, 9.17) is 9.15 Å². The topological polar surface area (TPSA) is 59.8 Å². The van der Waals surface area contributed by atoms with Crippen molar-refractivity contribution in [1.29, 1.82) is 0 Å². The number of halogens is 1. The summed E-state index contributed by atoms with van der Waals surface area (Å²) in [6, 6.07) is 14.3. The standard InChI is InChI=1S/C21H18BrNO4/c1-26-12-4-11-23-18(13-7-9-14(22)10-8-13)17-19(24)15-5-2-3-6-16(15)27-20(17)21(23)25/h2-3,5-10,18H,4,11-12H2,1H3/t18-/m0/s1. The van der Waals surface area contributed by atoms with E-state index in [-0.39, 0.29) is 17.1 Å². The van der Waals surface area contributed by atoms with Gasteiger partial charge in [0.2, 0.25) is 5.76 Å². The monoisotopic (exact) mass is 427 g/mol. The number of rotatable bonds is 5. The van der Waals surface area contributed by atoms with Crippen LogP contribution >= 0.6 is 15.9 Å². The van der Waals surface area contributed by atoms with E-state index < -0.39 is 6.04 Å². The molecular formula is C21H18BrNO4. The molecular weight excluding hydrogens is 410 g/mol. The number of amides is 1. The third-order valence-electron chi connectivity index (χ3n) is 4.81. The van der Waals surface area contributed by atoms with E-state index in [2.05, 4.69) is 15.9 Å². The van der Waals surface area contributed by atoms with Crippen LogP contribution in [0.4, 0.5) is 0 Å². The Hall–Kier alpha value is -2.44. The molecule has 0 saturated carbocycles. The molecule has 0 unspecified atom stereocenters. The molecule has 5 nitrogen and oxygen atoms in total. The number of benzene rings is 2. The number of para-hydroxylation sites is 1. The van der Waals surface area contributed by atoms with Crippen LogP contribution in [-0.2, 0) is 4.74 Å². The molecule has 2 aromatic carbocycles. The lowest BCUT2D eigenvalue weighted by molar-refractivity contribution is 0.0708. The fraction of sp³-hybridized carbons (Fsp3) is 0.238. The first-order valence-corrected chi connectivity index (χ1v) is 9.52. The lowest BCUT2D eigenvalue weighted by Gasteiger charge is -2.25. The molecule has 138 valence electrons. The summed E-state index contributed by atoms with van der Waals surface area (Å²) in [6.45, 7) is 1.02. The van der Waals surface area contributed by atoms with Crippen molar-refractivity contribution in [2.75, 3.05) is 20.3 Å². The highest BCUT2D eigenvalue weighted by atomic mass is 79.9. The molecule has 1 amide bonds. The van der Waals surface area contributed by atoms with E-state index in [9.17, 15) is 9.59 Å². The van der Waals surface area contributed by atoms with E-state index in [1.807, 2.05) is 24.3 Å². The minimum Gasteiger partial charge on any atom is -0.450 e. The Kier molecular flexibility index (Phi) is 4.85. The molecule has 0 spiro atoms. The average Bonchev–Trinajstić information content (AvgIpc) is 2.96. The quantitative estimate of drug-likeness (QED) is 0.574. The van der Waals surface area contributed by atoms with Gasteiger partial charge < -0.3 is 14.1 Å². The van der Waals surface area contributed by atoms with Crippen LogP contribution in [0.2, 0.25) is 0 Å². The second kappa shape index (κ2) is 7.29. The first-order chi connectivity index (χ1) is 13.1. The number of methoxy groups -OCH3 is 1. The summed E-state index contributed by atoms with van der Waals surface area (Å²) in [4.78, 5) is 28.0. The van der Waals surface area contributed by atoms with E-state index in [0.717, 1.165) is 10.0 Å². The lowest BCUT2D eigenvalue weighted by Crippen LogP contribution is -2.31. The molecule has 0 fully saturated rings. The van der Waals surface area contributed by atoms with Gasteiger partial charge in [0.05, 0.1) is 17.0 Å². The Bertz CT molecular complexity index is 1060. The van der Waals surface area contributed by atoms with Crippen LogP contribution in [0.3, 0.4) is 0 Å². The molecule has 1 aliphatic rings. The average molecular weight is 428 g/mol. The Labute approximate surface area is 164 Å². The maximum Gasteiger partial charge on any atom is 0.290 e. The van der Waals surface area contributed by atoms with Gasteiger partial charge in [-0.2, -0.15) is 0 Å². The van der Waals surface area contributed by atoms with Crippen molar-refractivity contribution in [2.24, 2.45) is 0 Å². The Balaban J connectivity index is 1.90. The number of nitrogens with zero attached hydrogens (tertiary/aromatic N) is 1. The van der Waals surface area contributed by atoms with Crippen molar-refractivity contribution in [3.8, 4) is 0 Å². The molecule has 0 bridgehead atoms. The van der Waals surface area contributed by atoms with Gasteiger partial charge in [-0.1, -0.05) is 40.2 Å². The molecule has 1 atom stereocenters. The van der Waals surface area contributed by atoms with Gasteiger partial charge >= 0.3 is 0 Å². The molecule has 1 aromatic heterocycles. The van der Waals surface area contributed by atoms with E-state index in [1.165, 1.54) is 0 Å². The lowest BCUT2D eigenvalue weighted by atomic mass is 9.98. The smallest absolute Gasteiger partial charge is 0.290 e. The first-order valence-electron chi connectivity index (χ1n) is 8.73. The summed E-state index contributed by atoms with van der Waals surface area (Å²) in [5, 5.41) is 0.491. The number of fused-ring (bicyclic) bond motifs is 2. The van der Waals surface area contributed by atoms with Crippen LogP contribution in [0, 0.1) is 0 Å². The second-order valence-corrected chi connectivity index (χ2v) is 7.38. The van der Waals surface area contributed by atoms with Gasteiger partial charge in [0.25, 0.3) is 5.91 Å². The highest BCUT2D eigenvalue weighted by Gasteiger charge is 2.42. The molecule has 3 aromatic rings. The zero-order valence-electron chi connectivity index (χ0n) is 14.8. The van der Waals surface area contributed by atoms with E-state index in [1.54, 1.807) is 36.3 Å². The fourth-order valence-electron chi connectivity index (χ4n) is 3.57. The molecule has 1 aliphatic heterocycles. The molecule has 0 N–H and O–H groups in total. The zero-order chi connectivity index (χ0) is 19.0.